The van der Waals surface area contributed by atoms with Crippen molar-refractivity contribution in [2.45, 2.75) is 37.6 Å². The van der Waals surface area contributed by atoms with E-state index < -0.39 is 0 Å². The molecule has 4 heterocycles. The van der Waals surface area contributed by atoms with E-state index in [1.54, 1.807) is 12.4 Å². The van der Waals surface area contributed by atoms with Gasteiger partial charge in [-0.05, 0) is 42.7 Å². The SMILES string of the molecule is c1cncc(O[C@@H]2CN(Cc3ccncc3)[C@@H]3CCCO[C@H]32)c1. The molecular formula is C18H21N3O2. The van der Waals surface area contributed by atoms with Crippen LogP contribution in [0.1, 0.15) is 18.4 Å². The molecule has 5 nitrogen and oxygen atoms in total. The van der Waals surface area contributed by atoms with Crippen molar-refractivity contribution in [1.29, 1.82) is 0 Å². The molecular weight excluding hydrogens is 290 g/mol. The molecule has 120 valence electrons. The molecule has 2 aliphatic heterocycles. The van der Waals surface area contributed by atoms with E-state index in [9.17, 15) is 0 Å². The molecule has 0 aromatic carbocycles. The number of nitrogens with zero attached hydrogens (tertiary/aromatic N) is 3. The molecule has 0 N–H and O–H groups in total. The average Bonchev–Trinajstić information content (AvgIpc) is 2.95. The third kappa shape index (κ3) is 3.21. The molecule has 0 aliphatic carbocycles. The summed E-state index contributed by atoms with van der Waals surface area (Å²) in [6, 6.07) is 8.44. The summed E-state index contributed by atoms with van der Waals surface area (Å²) in [6.07, 6.45) is 9.72. The van der Waals surface area contributed by atoms with Crippen LogP contribution in [-0.4, -0.2) is 46.3 Å². The van der Waals surface area contributed by atoms with E-state index in [4.69, 9.17) is 9.47 Å². The molecule has 0 amide bonds. The molecule has 4 rings (SSSR count). The third-order valence-corrected chi connectivity index (χ3v) is 4.64. The number of hydrogen-bond acceptors (Lipinski definition) is 5. The van der Waals surface area contributed by atoms with Crippen LogP contribution in [0.2, 0.25) is 0 Å². The Labute approximate surface area is 136 Å². The second kappa shape index (κ2) is 6.64. The van der Waals surface area contributed by atoms with Gasteiger partial charge in [-0.2, -0.15) is 0 Å². The predicted octanol–water partition coefficient (Wildman–Crippen LogP) is 2.29. The topological polar surface area (TPSA) is 47.5 Å². The van der Waals surface area contributed by atoms with Crippen LogP contribution in [0.3, 0.4) is 0 Å². The number of hydrogen-bond donors (Lipinski definition) is 0. The van der Waals surface area contributed by atoms with Crippen molar-refractivity contribution in [1.82, 2.24) is 14.9 Å². The van der Waals surface area contributed by atoms with Crippen molar-refractivity contribution < 1.29 is 9.47 Å². The third-order valence-electron chi connectivity index (χ3n) is 4.64. The van der Waals surface area contributed by atoms with E-state index in [1.165, 1.54) is 12.0 Å². The van der Waals surface area contributed by atoms with Crippen LogP contribution < -0.4 is 4.74 Å². The van der Waals surface area contributed by atoms with Gasteiger partial charge in [0.1, 0.15) is 18.0 Å². The van der Waals surface area contributed by atoms with Crippen LogP contribution in [0.15, 0.2) is 49.1 Å². The zero-order valence-corrected chi connectivity index (χ0v) is 13.0. The predicted molar refractivity (Wildman–Crippen MR) is 86.1 cm³/mol. The zero-order valence-electron chi connectivity index (χ0n) is 13.0. The Morgan fingerprint density at radius 2 is 2.09 bits per heavy atom. The Bertz CT molecular complexity index is 567. The van der Waals surface area contributed by atoms with Crippen molar-refractivity contribution in [2.75, 3.05) is 13.2 Å². The first kappa shape index (κ1) is 14.6. The first-order valence-electron chi connectivity index (χ1n) is 8.21. The fourth-order valence-electron chi connectivity index (χ4n) is 3.60. The lowest BCUT2D eigenvalue weighted by Gasteiger charge is -2.32. The Morgan fingerprint density at radius 1 is 1.17 bits per heavy atom. The van der Waals surface area contributed by atoms with Crippen molar-refractivity contribution in [3.63, 3.8) is 0 Å². The standard InChI is InChI=1S/C18H21N3O2/c1-3-15(11-20-7-1)23-17-13-21(12-14-5-8-19-9-6-14)16-4-2-10-22-18(16)17/h1,3,5-9,11,16-18H,2,4,10,12-13H2/t16-,17-,18-/m1/s1. The molecule has 2 aromatic heterocycles. The van der Waals surface area contributed by atoms with Crippen molar-refractivity contribution >= 4 is 0 Å². The summed E-state index contributed by atoms with van der Waals surface area (Å²) in [5.74, 6) is 0.816. The van der Waals surface area contributed by atoms with Crippen molar-refractivity contribution in [3.8, 4) is 5.75 Å². The maximum absolute atomic E-state index is 6.17. The highest BCUT2D eigenvalue weighted by atomic mass is 16.5. The van der Waals surface area contributed by atoms with Gasteiger partial charge in [0.15, 0.2) is 0 Å². The molecule has 2 fully saturated rings. The van der Waals surface area contributed by atoms with E-state index in [0.29, 0.717) is 6.04 Å². The molecule has 23 heavy (non-hydrogen) atoms. The van der Waals surface area contributed by atoms with Gasteiger partial charge in [0.25, 0.3) is 0 Å². The van der Waals surface area contributed by atoms with Gasteiger partial charge in [-0.3, -0.25) is 14.9 Å². The maximum atomic E-state index is 6.17. The molecule has 0 spiro atoms. The van der Waals surface area contributed by atoms with Crippen molar-refractivity contribution in [3.05, 3.63) is 54.6 Å². The van der Waals surface area contributed by atoms with Crippen LogP contribution >= 0.6 is 0 Å². The number of aromatic nitrogens is 2. The molecule has 0 unspecified atom stereocenters. The second-order valence-electron chi connectivity index (χ2n) is 6.17. The molecule has 2 aliphatic rings. The van der Waals surface area contributed by atoms with Crippen LogP contribution in [0.4, 0.5) is 0 Å². The maximum Gasteiger partial charge on any atom is 0.139 e. The molecule has 5 heteroatoms. The zero-order chi connectivity index (χ0) is 15.5. The minimum absolute atomic E-state index is 0.0614. The van der Waals surface area contributed by atoms with Gasteiger partial charge in [-0.25, -0.2) is 0 Å². The van der Waals surface area contributed by atoms with E-state index in [1.807, 2.05) is 24.5 Å². The second-order valence-corrected chi connectivity index (χ2v) is 6.17. The van der Waals surface area contributed by atoms with Gasteiger partial charge in [0.2, 0.25) is 0 Å². The minimum atomic E-state index is 0.0614. The number of rotatable bonds is 4. The number of likely N-dealkylation sites (tertiary alicyclic amines) is 1. The van der Waals surface area contributed by atoms with E-state index >= 15 is 0 Å². The number of pyridine rings is 2. The first-order valence-corrected chi connectivity index (χ1v) is 8.21. The molecule has 3 atom stereocenters. The van der Waals surface area contributed by atoms with Crippen molar-refractivity contribution in [2.24, 2.45) is 0 Å². The lowest BCUT2D eigenvalue weighted by molar-refractivity contribution is -0.0472. The first-order chi connectivity index (χ1) is 11.4. The Hall–Kier alpha value is -1.98. The summed E-state index contributed by atoms with van der Waals surface area (Å²) in [5.41, 5.74) is 1.28. The summed E-state index contributed by atoms with van der Waals surface area (Å²) < 4.78 is 12.2. The minimum Gasteiger partial charge on any atom is -0.485 e. The summed E-state index contributed by atoms with van der Waals surface area (Å²) in [6.45, 7) is 2.63. The summed E-state index contributed by atoms with van der Waals surface area (Å²) >= 11 is 0. The monoisotopic (exact) mass is 311 g/mol. The number of ether oxygens (including phenoxy) is 2. The average molecular weight is 311 g/mol. The quantitative estimate of drug-likeness (QED) is 0.867. The van der Waals surface area contributed by atoms with Gasteiger partial charge < -0.3 is 9.47 Å². The fraction of sp³-hybridized carbons (Fsp3) is 0.444. The highest BCUT2D eigenvalue weighted by Gasteiger charge is 2.45. The van der Waals surface area contributed by atoms with E-state index in [2.05, 4.69) is 27.0 Å². The van der Waals surface area contributed by atoms with E-state index in [-0.39, 0.29) is 12.2 Å². The Morgan fingerprint density at radius 3 is 2.91 bits per heavy atom. The highest BCUT2D eigenvalue weighted by Crippen LogP contribution is 2.32. The van der Waals surface area contributed by atoms with E-state index in [0.717, 1.165) is 31.9 Å². The molecule has 0 bridgehead atoms. The summed E-state index contributed by atoms with van der Waals surface area (Å²) in [4.78, 5) is 10.7. The Kier molecular flexibility index (Phi) is 4.22. The number of fused-ring (bicyclic) bond motifs is 1. The van der Waals surface area contributed by atoms with Crippen LogP contribution in [0, 0.1) is 0 Å². The fourth-order valence-corrected chi connectivity index (χ4v) is 3.60. The molecule has 2 aromatic rings. The van der Waals surface area contributed by atoms with Crippen LogP contribution in [0.5, 0.6) is 5.75 Å². The van der Waals surface area contributed by atoms with Crippen LogP contribution in [0.25, 0.3) is 0 Å². The van der Waals surface area contributed by atoms with Gasteiger partial charge >= 0.3 is 0 Å². The van der Waals surface area contributed by atoms with Gasteiger partial charge in [-0.1, -0.05) is 0 Å². The largest absolute Gasteiger partial charge is 0.485 e. The Balaban J connectivity index is 1.50. The van der Waals surface area contributed by atoms with Crippen LogP contribution in [-0.2, 0) is 11.3 Å². The summed E-state index contributed by atoms with van der Waals surface area (Å²) in [7, 11) is 0. The smallest absolute Gasteiger partial charge is 0.139 e. The normalized spacial score (nSPS) is 27.6. The lowest BCUT2D eigenvalue weighted by Crippen LogP contribution is -2.42. The molecule has 0 saturated carbocycles. The molecule has 2 saturated heterocycles. The summed E-state index contributed by atoms with van der Waals surface area (Å²) in [5, 5.41) is 0. The lowest BCUT2D eigenvalue weighted by atomic mass is 10.0. The molecule has 0 radical (unpaired) electrons. The van der Waals surface area contributed by atoms with Gasteiger partial charge in [-0.15, -0.1) is 0 Å². The van der Waals surface area contributed by atoms with Gasteiger partial charge in [0, 0.05) is 44.3 Å². The van der Waals surface area contributed by atoms with Gasteiger partial charge in [0.05, 0.1) is 6.20 Å². The highest BCUT2D eigenvalue weighted by molar-refractivity contribution is 5.17.